The minimum absolute atomic E-state index is 1.11. The van der Waals surface area contributed by atoms with E-state index in [-0.39, 0.29) is 0 Å². The Morgan fingerprint density at radius 3 is 1.41 bits per heavy atom. The number of rotatable bonds is 16. The van der Waals surface area contributed by atoms with Crippen LogP contribution in [-0.2, 0) is 0 Å². The van der Waals surface area contributed by atoms with Crippen molar-refractivity contribution in [2.45, 2.75) is 96.8 Å². The number of nitrogens with zero attached hydrogens (tertiary/aromatic N) is 1. The number of unbranched alkanes of at least 4 members (excludes halogenated alkanes) is 12. The van der Waals surface area contributed by atoms with Crippen LogP contribution in [0.1, 0.15) is 96.8 Å². The van der Waals surface area contributed by atoms with Crippen LogP contribution in [0.3, 0.4) is 0 Å². The van der Waals surface area contributed by atoms with Crippen LogP contribution >= 0.6 is 0 Å². The van der Waals surface area contributed by atoms with Crippen molar-refractivity contribution in [1.82, 2.24) is 0 Å². The van der Waals surface area contributed by atoms with Gasteiger partial charge < -0.3 is 4.48 Å². The highest BCUT2D eigenvalue weighted by atomic mass is 15.3. The van der Waals surface area contributed by atoms with Gasteiger partial charge in [-0.2, -0.15) is 0 Å². The highest BCUT2D eigenvalue weighted by Crippen LogP contribution is 2.10. The van der Waals surface area contributed by atoms with E-state index in [0.717, 1.165) is 4.48 Å². The van der Waals surface area contributed by atoms with Crippen LogP contribution in [0, 0.1) is 0 Å². The van der Waals surface area contributed by atoms with Crippen LogP contribution < -0.4 is 0 Å². The second-order valence-electron chi connectivity index (χ2n) is 7.95. The van der Waals surface area contributed by atoms with E-state index < -0.39 is 0 Å². The van der Waals surface area contributed by atoms with Gasteiger partial charge >= 0.3 is 0 Å². The number of allylic oxidation sites excluding steroid dienone is 2. The van der Waals surface area contributed by atoms with E-state index in [1.54, 1.807) is 0 Å². The van der Waals surface area contributed by atoms with Crippen molar-refractivity contribution in [2.24, 2.45) is 0 Å². The van der Waals surface area contributed by atoms with Crippen LogP contribution in [-0.4, -0.2) is 32.2 Å². The molecule has 0 heterocycles. The molecule has 0 aliphatic rings. The highest BCUT2D eigenvalue weighted by molar-refractivity contribution is 4.81. The Morgan fingerprint density at radius 1 is 0.545 bits per heavy atom. The highest BCUT2D eigenvalue weighted by Gasteiger charge is 2.04. The minimum atomic E-state index is 1.11. The van der Waals surface area contributed by atoms with Crippen molar-refractivity contribution in [3.8, 4) is 0 Å². The standard InChI is InChI=1S/C21H44N/c1-5-6-7-8-9-10-11-12-13-14-15-16-17-18-19-20-21-22(2,3)4/h12-13H,5-11,14-21H2,1-4H3/q+1/b13-12-. The maximum absolute atomic E-state index is 2.42. The first-order valence-corrected chi connectivity index (χ1v) is 10.0. The van der Waals surface area contributed by atoms with Gasteiger partial charge in [0.2, 0.25) is 0 Å². The van der Waals surface area contributed by atoms with E-state index in [2.05, 4.69) is 40.2 Å². The molecule has 0 saturated heterocycles. The molecule has 0 radical (unpaired) electrons. The second-order valence-corrected chi connectivity index (χ2v) is 7.95. The summed E-state index contributed by atoms with van der Waals surface area (Å²) in [5.74, 6) is 0. The summed E-state index contributed by atoms with van der Waals surface area (Å²) in [7, 11) is 6.87. The van der Waals surface area contributed by atoms with Crippen molar-refractivity contribution in [3.63, 3.8) is 0 Å². The fourth-order valence-electron chi connectivity index (χ4n) is 2.83. The zero-order valence-electron chi connectivity index (χ0n) is 16.2. The molecule has 0 fully saturated rings. The van der Waals surface area contributed by atoms with Gasteiger partial charge in [-0.25, -0.2) is 0 Å². The molecule has 1 heteroatoms. The molecule has 0 rings (SSSR count). The molecular weight excluding hydrogens is 266 g/mol. The molecule has 0 amide bonds. The van der Waals surface area contributed by atoms with Crippen LogP contribution in [0.15, 0.2) is 12.2 Å². The molecule has 0 atom stereocenters. The fraction of sp³-hybridized carbons (Fsp3) is 0.905. The molecular formula is C21H44N+. The van der Waals surface area contributed by atoms with Gasteiger partial charge in [0.1, 0.15) is 0 Å². The quantitative estimate of drug-likeness (QED) is 0.168. The molecule has 0 unspecified atom stereocenters. The fourth-order valence-corrected chi connectivity index (χ4v) is 2.83. The van der Waals surface area contributed by atoms with Crippen LogP contribution in [0.4, 0.5) is 0 Å². The Morgan fingerprint density at radius 2 is 0.955 bits per heavy atom. The van der Waals surface area contributed by atoms with Crippen molar-refractivity contribution in [2.75, 3.05) is 27.7 Å². The smallest absolute Gasteiger partial charge is 0.0780 e. The van der Waals surface area contributed by atoms with Crippen LogP contribution in [0.5, 0.6) is 0 Å². The average Bonchev–Trinajstić information content (AvgIpc) is 2.45. The van der Waals surface area contributed by atoms with Gasteiger partial charge in [-0.3, -0.25) is 0 Å². The topological polar surface area (TPSA) is 0 Å². The first-order chi connectivity index (χ1) is 10.6. The number of quaternary nitrogens is 1. The summed E-state index contributed by atoms with van der Waals surface area (Å²) >= 11 is 0. The molecule has 0 aliphatic carbocycles. The third kappa shape index (κ3) is 19.7. The molecule has 0 aromatic heterocycles. The normalized spacial score (nSPS) is 12.4. The van der Waals surface area contributed by atoms with Gasteiger partial charge in [-0.05, 0) is 38.5 Å². The summed E-state index contributed by atoms with van der Waals surface area (Å²) in [5, 5.41) is 0. The van der Waals surface area contributed by atoms with Gasteiger partial charge in [0.15, 0.2) is 0 Å². The summed E-state index contributed by atoms with van der Waals surface area (Å²) in [4.78, 5) is 0. The zero-order valence-corrected chi connectivity index (χ0v) is 16.2. The van der Waals surface area contributed by atoms with Crippen molar-refractivity contribution in [1.29, 1.82) is 0 Å². The molecule has 0 spiro atoms. The maximum atomic E-state index is 2.42. The molecule has 0 N–H and O–H groups in total. The molecule has 0 saturated carbocycles. The molecule has 22 heavy (non-hydrogen) atoms. The van der Waals surface area contributed by atoms with E-state index in [0.29, 0.717) is 0 Å². The van der Waals surface area contributed by atoms with Gasteiger partial charge in [0, 0.05) is 0 Å². The Bertz CT molecular complexity index is 237. The lowest BCUT2D eigenvalue weighted by Crippen LogP contribution is -2.35. The average molecular weight is 311 g/mol. The summed E-state index contributed by atoms with van der Waals surface area (Å²) < 4.78 is 1.11. The Hall–Kier alpha value is -0.300. The molecule has 1 nitrogen and oxygen atoms in total. The number of hydrogen-bond donors (Lipinski definition) is 0. The lowest BCUT2D eigenvalue weighted by Gasteiger charge is -2.23. The van der Waals surface area contributed by atoms with Gasteiger partial charge in [0.25, 0.3) is 0 Å². The van der Waals surface area contributed by atoms with Gasteiger partial charge in [-0.15, -0.1) is 0 Å². The van der Waals surface area contributed by atoms with E-state index in [9.17, 15) is 0 Å². The van der Waals surface area contributed by atoms with E-state index in [1.807, 2.05) is 0 Å². The summed E-state index contributed by atoms with van der Waals surface area (Å²) in [6.45, 7) is 3.61. The molecule has 0 aromatic rings. The molecule has 0 bridgehead atoms. The molecule has 0 aliphatic heterocycles. The Labute approximate surface area is 141 Å². The Kier molecular flexibility index (Phi) is 15.4. The lowest BCUT2D eigenvalue weighted by atomic mass is 10.1. The summed E-state index contributed by atoms with van der Waals surface area (Å²) in [5.41, 5.74) is 0. The first-order valence-electron chi connectivity index (χ1n) is 10.0. The lowest BCUT2D eigenvalue weighted by molar-refractivity contribution is -0.870. The van der Waals surface area contributed by atoms with E-state index in [4.69, 9.17) is 0 Å². The van der Waals surface area contributed by atoms with Crippen molar-refractivity contribution < 1.29 is 4.48 Å². The predicted octanol–water partition coefficient (Wildman–Crippen LogP) is 6.73. The third-order valence-corrected chi connectivity index (χ3v) is 4.34. The maximum Gasteiger partial charge on any atom is 0.0780 e. The van der Waals surface area contributed by atoms with E-state index in [1.165, 1.54) is 96.4 Å². The Balaban J connectivity index is 3.11. The zero-order chi connectivity index (χ0) is 16.5. The summed E-state index contributed by atoms with van der Waals surface area (Å²) in [6.07, 6.45) is 24.4. The van der Waals surface area contributed by atoms with Crippen molar-refractivity contribution in [3.05, 3.63) is 12.2 Å². The first kappa shape index (κ1) is 21.7. The third-order valence-electron chi connectivity index (χ3n) is 4.34. The van der Waals surface area contributed by atoms with Crippen molar-refractivity contribution >= 4 is 0 Å². The van der Waals surface area contributed by atoms with Crippen LogP contribution in [0.2, 0.25) is 0 Å². The van der Waals surface area contributed by atoms with Gasteiger partial charge in [-0.1, -0.05) is 70.4 Å². The van der Waals surface area contributed by atoms with Crippen LogP contribution in [0.25, 0.3) is 0 Å². The second kappa shape index (κ2) is 15.6. The largest absolute Gasteiger partial charge is 0.331 e. The summed E-state index contributed by atoms with van der Waals surface area (Å²) in [6, 6.07) is 0. The van der Waals surface area contributed by atoms with E-state index >= 15 is 0 Å². The van der Waals surface area contributed by atoms with Gasteiger partial charge in [0.05, 0.1) is 27.7 Å². The monoisotopic (exact) mass is 310 g/mol. The molecule has 132 valence electrons. The minimum Gasteiger partial charge on any atom is -0.331 e. The SMILES string of the molecule is CCCCCCCC/C=C\CCCCCCCC[N+](C)(C)C. The number of hydrogen-bond acceptors (Lipinski definition) is 0. The predicted molar refractivity (Wildman–Crippen MR) is 102 cm³/mol. The molecule has 0 aromatic carbocycles.